The van der Waals surface area contributed by atoms with Crippen LogP contribution in [0.3, 0.4) is 0 Å². The molecule has 1 amide bonds. The molecular weight excluding hydrogens is 324 g/mol. The van der Waals surface area contributed by atoms with Crippen molar-refractivity contribution in [1.29, 1.82) is 0 Å². The summed E-state index contributed by atoms with van der Waals surface area (Å²) < 4.78 is 4.93. The number of benzene rings is 1. The maximum atomic E-state index is 11.6. The van der Waals surface area contributed by atoms with Gasteiger partial charge in [-0.15, -0.1) is 0 Å². The molecule has 1 N–H and O–H groups in total. The number of carbonyl (C=O) groups is 2. The third kappa shape index (κ3) is 6.07. The molecule has 0 heterocycles. The molecule has 7 nitrogen and oxygen atoms in total. The highest BCUT2D eigenvalue weighted by atomic mass is 35.5. The highest BCUT2D eigenvalue weighted by Crippen LogP contribution is 2.25. The Morgan fingerprint density at radius 1 is 1.48 bits per heavy atom. The van der Waals surface area contributed by atoms with Crippen molar-refractivity contribution in [3.8, 4) is 0 Å². The maximum Gasteiger partial charge on any atom is 0.331 e. The first-order valence-corrected chi connectivity index (χ1v) is 7.33. The number of amides is 1. The number of rotatable bonds is 7. The van der Waals surface area contributed by atoms with E-state index in [1.54, 1.807) is 0 Å². The minimum atomic E-state index is -0.918. The fraction of sp³-hybridized carbons (Fsp3) is 0.333. The summed E-state index contributed by atoms with van der Waals surface area (Å²) in [5.41, 5.74) is 0.163. The molecular formula is C15H17ClN2O5. The van der Waals surface area contributed by atoms with Crippen LogP contribution in [-0.2, 0) is 14.3 Å². The van der Waals surface area contributed by atoms with Gasteiger partial charge in [-0.3, -0.25) is 14.9 Å². The summed E-state index contributed by atoms with van der Waals surface area (Å²) in [5, 5.41) is 13.4. The number of carbonyl (C=O) groups excluding carboxylic acids is 2. The van der Waals surface area contributed by atoms with E-state index in [1.807, 2.05) is 6.92 Å². The van der Waals surface area contributed by atoms with E-state index in [-0.39, 0.29) is 16.6 Å². The summed E-state index contributed by atoms with van der Waals surface area (Å²) in [5.74, 6) is -1.10. The molecule has 0 bridgehead atoms. The minimum absolute atomic E-state index is 0.0101. The van der Waals surface area contributed by atoms with Crippen molar-refractivity contribution < 1.29 is 19.2 Å². The molecule has 0 aliphatic carbocycles. The molecule has 0 saturated carbocycles. The largest absolute Gasteiger partial charge is 0.449 e. The lowest BCUT2D eigenvalue weighted by Gasteiger charge is -2.11. The zero-order valence-electron chi connectivity index (χ0n) is 12.7. The normalized spacial score (nSPS) is 12.0. The molecule has 8 heteroatoms. The second kappa shape index (κ2) is 8.89. The molecule has 1 atom stereocenters. The van der Waals surface area contributed by atoms with E-state index in [0.29, 0.717) is 12.1 Å². The van der Waals surface area contributed by atoms with E-state index in [2.05, 4.69) is 5.32 Å². The number of nitro benzene ring substituents is 1. The van der Waals surface area contributed by atoms with Crippen LogP contribution in [0.2, 0.25) is 5.02 Å². The number of hydrogen-bond acceptors (Lipinski definition) is 5. The molecule has 1 unspecified atom stereocenters. The van der Waals surface area contributed by atoms with Gasteiger partial charge in [0.05, 0.1) is 4.92 Å². The zero-order chi connectivity index (χ0) is 17.4. The Labute approximate surface area is 138 Å². The van der Waals surface area contributed by atoms with Gasteiger partial charge in [-0.1, -0.05) is 24.6 Å². The summed E-state index contributed by atoms with van der Waals surface area (Å²) >= 11 is 5.70. The topological polar surface area (TPSA) is 98.5 Å². The van der Waals surface area contributed by atoms with Gasteiger partial charge in [0.25, 0.3) is 11.6 Å². The third-order valence-electron chi connectivity index (χ3n) is 2.79. The Hall–Kier alpha value is -2.41. The van der Waals surface area contributed by atoms with Crippen LogP contribution in [-0.4, -0.2) is 29.4 Å². The lowest BCUT2D eigenvalue weighted by Crippen LogP contribution is -2.35. The first kappa shape index (κ1) is 18.6. The van der Waals surface area contributed by atoms with Gasteiger partial charge in [-0.2, -0.15) is 0 Å². The van der Waals surface area contributed by atoms with Crippen molar-refractivity contribution in [3.05, 3.63) is 45.0 Å². The van der Waals surface area contributed by atoms with E-state index < -0.39 is 17.0 Å². The van der Waals surface area contributed by atoms with Crippen molar-refractivity contribution in [1.82, 2.24) is 5.32 Å². The van der Waals surface area contributed by atoms with Gasteiger partial charge in [0, 0.05) is 18.7 Å². The molecule has 1 aromatic carbocycles. The molecule has 0 saturated heterocycles. The number of nitrogens with one attached hydrogen (secondary N) is 1. The van der Waals surface area contributed by atoms with Gasteiger partial charge in [0.1, 0.15) is 5.02 Å². The lowest BCUT2D eigenvalue weighted by atomic mass is 10.2. The minimum Gasteiger partial charge on any atom is -0.449 e. The van der Waals surface area contributed by atoms with Crippen molar-refractivity contribution in [2.75, 3.05) is 6.54 Å². The van der Waals surface area contributed by atoms with Crippen LogP contribution in [0.5, 0.6) is 0 Å². The summed E-state index contributed by atoms with van der Waals surface area (Å²) in [7, 11) is 0. The van der Waals surface area contributed by atoms with Crippen LogP contribution >= 0.6 is 11.6 Å². The number of hydrogen-bond donors (Lipinski definition) is 1. The molecule has 1 aromatic rings. The number of nitrogens with zero attached hydrogens (tertiary/aromatic N) is 1. The fourth-order valence-electron chi connectivity index (χ4n) is 1.60. The Bertz CT molecular complexity index is 630. The maximum absolute atomic E-state index is 11.6. The van der Waals surface area contributed by atoms with Gasteiger partial charge in [0.15, 0.2) is 6.10 Å². The summed E-state index contributed by atoms with van der Waals surface area (Å²) in [6.45, 7) is 3.87. The summed E-state index contributed by atoms with van der Waals surface area (Å²) in [6, 6.07) is 4.13. The summed E-state index contributed by atoms with van der Waals surface area (Å²) in [6.07, 6.45) is 2.30. The average Bonchev–Trinajstić information content (AvgIpc) is 2.51. The van der Waals surface area contributed by atoms with Crippen LogP contribution < -0.4 is 5.32 Å². The highest BCUT2D eigenvalue weighted by molar-refractivity contribution is 6.32. The van der Waals surface area contributed by atoms with Gasteiger partial charge >= 0.3 is 5.97 Å². The van der Waals surface area contributed by atoms with Crippen LogP contribution in [0.15, 0.2) is 24.3 Å². The fourth-order valence-corrected chi connectivity index (χ4v) is 1.78. The molecule has 0 aromatic heterocycles. The smallest absolute Gasteiger partial charge is 0.331 e. The van der Waals surface area contributed by atoms with Crippen LogP contribution in [0.4, 0.5) is 5.69 Å². The van der Waals surface area contributed by atoms with Crippen LogP contribution in [0.25, 0.3) is 6.08 Å². The van der Waals surface area contributed by atoms with Crippen molar-refractivity contribution in [3.63, 3.8) is 0 Å². The molecule has 0 spiro atoms. The summed E-state index contributed by atoms with van der Waals surface area (Å²) in [4.78, 5) is 33.4. The molecule has 124 valence electrons. The zero-order valence-corrected chi connectivity index (χ0v) is 13.5. The van der Waals surface area contributed by atoms with Gasteiger partial charge in [0.2, 0.25) is 0 Å². The van der Waals surface area contributed by atoms with Gasteiger partial charge < -0.3 is 10.1 Å². The van der Waals surface area contributed by atoms with E-state index in [4.69, 9.17) is 16.3 Å². The molecule has 0 aliphatic heterocycles. The van der Waals surface area contributed by atoms with Crippen molar-refractivity contribution >= 4 is 35.2 Å². The number of ether oxygens (including phenoxy) is 1. The molecule has 0 aliphatic rings. The van der Waals surface area contributed by atoms with Gasteiger partial charge in [-0.25, -0.2) is 4.79 Å². The number of halogens is 1. The molecule has 0 fully saturated rings. The SMILES string of the molecule is CCCNC(=O)C(C)OC(=O)/C=C/c1ccc(Cl)c([N+](=O)[O-])c1. The Balaban J connectivity index is 2.67. The van der Waals surface area contributed by atoms with E-state index in [9.17, 15) is 19.7 Å². The van der Waals surface area contributed by atoms with Crippen molar-refractivity contribution in [2.45, 2.75) is 26.4 Å². The second-order valence-corrected chi connectivity index (χ2v) is 5.08. The standard InChI is InChI=1S/C15H17ClN2O5/c1-3-8-17-15(20)10(2)23-14(19)7-5-11-4-6-12(16)13(9-11)18(21)22/h4-7,9-10H,3,8H2,1-2H3,(H,17,20)/b7-5+. The average molecular weight is 341 g/mol. The molecule has 1 rings (SSSR count). The highest BCUT2D eigenvalue weighted by Gasteiger charge is 2.16. The van der Waals surface area contributed by atoms with Crippen molar-refractivity contribution in [2.24, 2.45) is 0 Å². The van der Waals surface area contributed by atoms with E-state index >= 15 is 0 Å². The molecule has 23 heavy (non-hydrogen) atoms. The Kier molecular flexibility index (Phi) is 7.21. The Morgan fingerprint density at radius 3 is 2.78 bits per heavy atom. The van der Waals surface area contributed by atoms with Crippen LogP contribution in [0, 0.1) is 10.1 Å². The second-order valence-electron chi connectivity index (χ2n) is 4.67. The number of nitro groups is 1. The quantitative estimate of drug-likeness (QED) is 0.356. The first-order chi connectivity index (χ1) is 10.8. The van der Waals surface area contributed by atoms with E-state index in [0.717, 1.165) is 12.5 Å². The predicted molar refractivity (Wildman–Crippen MR) is 86.0 cm³/mol. The first-order valence-electron chi connectivity index (χ1n) is 6.95. The monoisotopic (exact) mass is 340 g/mol. The Morgan fingerprint density at radius 2 is 2.17 bits per heavy atom. The van der Waals surface area contributed by atoms with E-state index in [1.165, 1.54) is 31.2 Å². The lowest BCUT2D eigenvalue weighted by molar-refractivity contribution is -0.384. The van der Waals surface area contributed by atoms with Gasteiger partial charge in [-0.05, 0) is 31.1 Å². The third-order valence-corrected chi connectivity index (χ3v) is 3.11. The number of esters is 1. The predicted octanol–water partition coefficient (Wildman–Crippen LogP) is 2.72. The molecule has 0 radical (unpaired) electrons. The van der Waals surface area contributed by atoms with Crippen LogP contribution in [0.1, 0.15) is 25.8 Å².